The molecule has 0 spiro atoms. The van der Waals surface area contributed by atoms with Gasteiger partial charge in [0.05, 0.1) is 7.11 Å². The number of pyridine rings is 1. The molecule has 2 aromatic heterocycles. The maximum atomic E-state index is 12.3. The lowest BCUT2D eigenvalue weighted by Gasteiger charge is -2.14. The summed E-state index contributed by atoms with van der Waals surface area (Å²) in [5.74, 6) is 0.383. The third kappa shape index (κ3) is 4.08. The zero-order chi connectivity index (χ0) is 19.6. The number of H-pyrrole nitrogens is 1. The predicted molar refractivity (Wildman–Crippen MR) is 112 cm³/mol. The number of amides is 2. The maximum absolute atomic E-state index is 12.3. The van der Waals surface area contributed by atoms with E-state index in [-0.39, 0.29) is 6.03 Å². The number of aryl methyl sites for hydroxylation is 2. The van der Waals surface area contributed by atoms with Gasteiger partial charge < -0.3 is 20.4 Å². The molecule has 1 aromatic carbocycles. The molecule has 6 nitrogen and oxygen atoms in total. The zero-order valence-corrected chi connectivity index (χ0v) is 17.5. The fourth-order valence-electron chi connectivity index (χ4n) is 3.14. The van der Waals surface area contributed by atoms with Crippen LogP contribution in [-0.4, -0.2) is 29.7 Å². The van der Waals surface area contributed by atoms with Crippen molar-refractivity contribution in [2.45, 2.75) is 27.2 Å². The Hall–Kier alpha value is -2.54. The highest BCUT2D eigenvalue weighted by Gasteiger charge is 2.14. The first-order chi connectivity index (χ1) is 12.9. The topological polar surface area (TPSA) is 79.0 Å². The number of carbonyl (C=O) groups excluding carboxylic acids is 1. The highest BCUT2D eigenvalue weighted by Crippen LogP contribution is 2.30. The van der Waals surface area contributed by atoms with E-state index in [1.165, 1.54) is 23.6 Å². The van der Waals surface area contributed by atoms with Gasteiger partial charge in [0.2, 0.25) is 5.88 Å². The van der Waals surface area contributed by atoms with Gasteiger partial charge in [-0.25, -0.2) is 9.78 Å². The van der Waals surface area contributed by atoms with Gasteiger partial charge in [-0.15, -0.1) is 0 Å². The number of hydrogen-bond donors (Lipinski definition) is 3. The molecule has 3 rings (SSSR count). The number of carbonyl (C=O) groups is 1. The highest BCUT2D eigenvalue weighted by molar-refractivity contribution is 9.10. The minimum atomic E-state index is -0.287. The van der Waals surface area contributed by atoms with Gasteiger partial charge in [0.15, 0.2) is 0 Å². The predicted octanol–water partition coefficient (Wildman–Crippen LogP) is 4.62. The number of anilines is 1. The normalized spacial score (nSPS) is 10.9. The number of aromatic nitrogens is 2. The lowest BCUT2D eigenvalue weighted by atomic mass is 10.1. The van der Waals surface area contributed by atoms with E-state index < -0.39 is 0 Å². The van der Waals surface area contributed by atoms with Crippen molar-refractivity contribution in [1.82, 2.24) is 15.3 Å². The smallest absolute Gasteiger partial charge is 0.319 e. The number of fused-ring (bicyclic) bond motifs is 1. The van der Waals surface area contributed by atoms with Crippen LogP contribution in [0.25, 0.3) is 10.9 Å². The average Bonchev–Trinajstić information content (AvgIpc) is 2.94. The summed E-state index contributed by atoms with van der Waals surface area (Å²) in [6.07, 6.45) is 2.40. The van der Waals surface area contributed by atoms with Crippen LogP contribution >= 0.6 is 15.9 Å². The molecular weight excluding hydrogens is 408 g/mol. The van der Waals surface area contributed by atoms with E-state index in [1.54, 1.807) is 6.20 Å². The van der Waals surface area contributed by atoms with Crippen molar-refractivity contribution in [3.05, 3.63) is 51.3 Å². The van der Waals surface area contributed by atoms with E-state index >= 15 is 0 Å². The molecule has 0 unspecified atom stereocenters. The van der Waals surface area contributed by atoms with E-state index in [9.17, 15) is 4.79 Å². The summed E-state index contributed by atoms with van der Waals surface area (Å²) < 4.78 is 6.05. The van der Waals surface area contributed by atoms with Crippen molar-refractivity contribution in [3.63, 3.8) is 0 Å². The van der Waals surface area contributed by atoms with Crippen LogP contribution in [0.15, 0.2) is 28.9 Å². The molecule has 142 valence electrons. The number of rotatable bonds is 5. The van der Waals surface area contributed by atoms with Gasteiger partial charge in [-0.2, -0.15) is 0 Å². The summed E-state index contributed by atoms with van der Waals surface area (Å²) in [6, 6.07) is 6.08. The van der Waals surface area contributed by atoms with Gasteiger partial charge in [-0.1, -0.05) is 11.6 Å². The summed E-state index contributed by atoms with van der Waals surface area (Å²) in [7, 11) is 1.53. The standard InChI is InChI=1S/C20H23BrN4O2/c1-11-5-6-17-15(9-11)14(13(3)24-17)7-8-22-20(26)25-18-12(2)16(21)10-23-19(18)27-4/h5-6,9-10,24H,7-8H2,1-4H3,(H2,22,25,26). The van der Waals surface area contributed by atoms with Gasteiger partial charge in [-0.05, 0) is 66.4 Å². The minimum Gasteiger partial charge on any atom is -0.480 e. The first-order valence-corrected chi connectivity index (χ1v) is 9.51. The van der Waals surface area contributed by atoms with E-state index in [2.05, 4.69) is 68.6 Å². The van der Waals surface area contributed by atoms with Crippen molar-refractivity contribution in [3.8, 4) is 5.88 Å². The van der Waals surface area contributed by atoms with Crippen molar-refractivity contribution >= 4 is 38.6 Å². The summed E-state index contributed by atoms with van der Waals surface area (Å²) >= 11 is 3.42. The van der Waals surface area contributed by atoms with Crippen molar-refractivity contribution in [1.29, 1.82) is 0 Å². The maximum Gasteiger partial charge on any atom is 0.319 e. The number of benzene rings is 1. The first kappa shape index (κ1) is 19.2. The monoisotopic (exact) mass is 430 g/mol. The number of nitrogens with one attached hydrogen (secondary N) is 3. The van der Waals surface area contributed by atoms with Gasteiger partial charge >= 0.3 is 6.03 Å². The summed E-state index contributed by atoms with van der Waals surface area (Å²) in [6.45, 7) is 6.56. The van der Waals surface area contributed by atoms with Gasteiger partial charge in [0, 0.05) is 33.8 Å². The van der Waals surface area contributed by atoms with Crippen molar-refractivity contribution < 1.29 is 9.53 Å². The lowest BCUT2D eigenvalue weighted by Crippen LogP contribution is -2.31. The summed E-state index contributed by atoms with van der Waals surface area (Å²) in [5.41, 5.74) is 6.12. The number of urea groups is 1. The minimum absolute atomic E-state index is 0.287. The molecule has 3 N–H and O–H groups in total. The number of aromatic amines is 1. The van der Waals surface area contributed by atoms with Crippen LogP contribution in [-0.2, 0) is 6.42 Å². The van der Waals surface area contributed by atoms with Crippen LogP contribution in [0.3, 0.4) is 0 Å². The molecule has 0 aliphatic heterocycles. The number of halogens is 1. The Morgan fingerprint density at radius 1 is 1.30 bits per heavy atom. The van der Waals surface area contributed by atoms with Gasteiger partial charge in [-0.3, -0.25) is 0 Å². The van der Waals surface area contributed by atoms with Gasteiger partial charge in [0.25, 0.3) is 0 Å². The molecule has 2 amide bonds. The second-order valence-corrected chi connectivity index (χ2v) is 7.38. The third-order valence-electron chi connectivity index (χ3n) is 4.61. The van der Waals surface area contributed by atoms with E-state index in [0.29, 0.717) is 18.1 Å². The molecule has 0 radical (unpaired) electrons. The molecule has 3 aromatic rings. The van der Waals surface area contributed by atoms with E-state index in [0.717, 1.165) is 27.7 Å². The molecule has 7 heteroatoms. The molecule has 0 fully saturated rings. The van der Waals surface area contributed by atoms with Gasteiger partial charge in [0.1, 0.15) is 5.69 Å². The summed E-state index contributed by atoms with van der Waals surface area (Å²) in [5, 5.41) is 6.96. The van der Waals surface area contributed by atoms with Crippen LogP contribution in [0.2, 0.25) is 0 Å². The highest BCUT2D eigenvalue weighted by atomic mass is 79.9. The number of ether oxygens (including phenoxy) is 1. The lowest BCUT2D eigenvalue weighted by molar-refractivity contribution is 0.252. The Kier molecular flexibility index (Phi) is 5.70. The fraction of sp³-hybridized carbons (Fsp3) is 0.300. The van der Waals surface area contributed by atoms with Crippen LogP contribution in [0, 0.1) is 20.8 Å². The summed E-state index contributed by atoms with van der Waals surface area (Å²) in [4.78, 5) is 19.9. The van der Waals surface area contributed by atoms with Crippen LogP contribution in [0.5, 0.6) is 5.88 Å². The van der Waals surface area contributed by atoms with Crippen molar-refractivity contribution in [2.24, 2.45) is 0 Å². The van der Waals surface area contributed by atoms with E-state index in [1.807, 2.05) is 6.92 Å². The molecule has 2 heterocycles. The largest absolute Gasteiger partial charge is 0.480 e. The quantitative estimate of drug-likeness (QED) is 0.552. The molecule has 0 saturated heterocycles. The fourth-order valence-corrected chi connectivity index (χ4v) is 3.44. The van der Waals surface area contributed by atoms with Crippen LogP contribution in [0.1, 0.15) is 22.4 Å². The average molecular weight is 431 g/mol. The number of nitrogens with zero attached hydrogens (tertiary/aromatic N) is 1. The SMILES string of the molecule is COc1ncc(Br)c(C)c1NC(=O)NCCc1c(C)[nH]c2ccc(C)cc12. The molecule has 0 aliphatic rings. The Morgan fingerprint density at radius 3 is 2.81 bits per heavy atom. The molecule has 0 aliphatic carbocycles. The molecule has 0 saturated carbocycles. The van der Waals surface area contributed by atoms with Crippen LogP contribution < -0.4 is 15.4 Å². The Morgan fingerprint density at radius 2 is 2.07 bits per heavy atom. The Labute approximate surface area is 166 Å². The zero-order valence-electron chi connectivity index (χ0n) is 15.9. The molecule has 0 bridgehead atoms. The number of methoxy groups -OCH3 is 1. The van der Waals surface area contributed by atoms with E-state index in [4.69, 9.17) is 4.74 Å². The Balaban J connectivity index is 1.67. The molecule has 27 heavy (non-hydrogen) atoms. The third-order valence-corrected chi connectivity index (χ3v) is 5.41. The van der Waals surface area contributed by atoms with Crippen LogP contribution in [0.4, 0.5) is 10.5 Å². The second kappa shape index (κ2) is 8.00. The van der Waals surface area contributed by atoms with Crippen molar-refractivity contribution in [2.75, 3.05) is 19.0 Å². The second-order valence-electron chi connectivity index (χ2n) is 6.52. The molecule has 0 atom stereocenters. The Bertz CT molecular complexity index is 997. The molecular formula is C20H23BrN4O2. The first-order valence-electron chi connectivity index (χ1n) is 8.72. The number of hydrogen-bond acceptors (Lipinski definition) is 3.